The molecule has 1 aliphatic heterocycles. The number of benzene rings is 2. The average molecular weight is 168 g/mol. The van der Waals surface area contributed by atoms with Crippen molar-refractivity contribution in [2.24, 2.45) is 0 Å². The van der Waals surface area contributed by atoms with E-state index in [1.54, 1.807) is 0 Å². The van der Waals surface area contributed by atoms with Gasteiger partial charge in [-0.1, -0.05) is 30.3 Å². The van der Waals surface area contributed by atoms with E-state index in [9.17, 15) is 0 Å². The Morgan fingerprint density at radius 1 is 1.00 bits per heavy atom. The molecule has 3 rings (SSSR count). The average Bonchev–Trinajstić information content (AvgIpc) is 2.65. The van der Waals surface area contributed by atoms with E-state index in [1.807, 2.05) is 0 Å². The summed E-state index contributed by atoms with van der Waals surface area (Å²) in [5, 5.41) is 7.16. The molecular weight excluding hydrogens is 158 g/mol. The number of hydrogen-bond acceptors (Lipinski definition) is 0. The lowest BCUT2D eigenvalue weighted by Gasteiger charge is -2.02. The fraction of sp³-hybridized carbons (Fsp3) is 0.167. The molecule has 63 valence electrons. The molecule has 0 fully saturated rings. The molecular formula is C12H10N. The largest absolute Gasteiger partial charge is 0.285 e. The molecule has 0 saturated carbocycles. The number of nitrogens with zero attached hydrogens (tertiary/aromatic N) is 1. The Kier molecular flexibility index (Phi) is 1.33. The first-order chi connectivity index (χ1) is 6.45. The van der Waals surface area contributed by atoms with E-state index in [1.165, 1.54) is 22.0 Å². The molecule has 1 heterocycles. The molecule has 0 bridgehead atoms. The van der Waals surface area contributed by atoms with Crippen molar-refractivity contribution in [3.8, 4) is 0 Å². The second-order valence-corrected chi connectivity index (χ2v) is 3.42. The molecule has 0 unspecified atom stereocenters. The highest BCUT2D eigenvalue weighted by molar-refractivity contribution is 5.89. The van der Waals surface area contributed by atoms with Crippen LogP contribution in [0.15, 0.2) is 36.4 Å². The summed E-state index contributed by atoms with van der Waals surface area (Å²) < 4.78 is 0. The normalized spacial score (nSPS) is 14.2. The van der Waals surface area contributed by atoms with Crippen molar-refractivity contribution in [2.45, 2.75) is 6.42 Å². The summed E-state index contributed by atoms with van der Waals surface area (Å²) in [7, 11) is 0. The van der Waals surface area contributed by atoms with Gasteiger partial charge in [-0.25, -0.2) is 0 Å². The van der Waals surface area contributed by atoms with Gasteiger partial charge in [-0.05, 0) is 28.8 Å². The van der Waals surface area contributed by atoms with Crippen LogP contribution < -0.4 is 5.32 Å². The van der Waals surface area contributed by atoms with Gasteiger partial charge in [0.15, 0.2) is 0 Å². The summed E-state index contributed by atoms with van der Waals surface area (Å²) in [6.07, 6.45) is 1.11. The third-order valence-corrected chi connectivity index (χ3v) is 2.66. The third-order valence-electron chi connectivity index (χ3n) is 2.66. The molecule has 0 spiro atoms. The summed E-state index contributed by atoms with van der Waals surface area (Å²) in [4.78, 5) is 0. The van der Waals surface area contributed by atoms with Crippen LogP contribution in [-0.4, -0.2) is 6.54 Å². The van der Waals surface area contributed by atoms with Gasteiger partial charge in [0, 0.05) is 6.54 Å². The molecule has 0 amide bonds. The molecule has 1 aliphatic rings. The third kappa shape index (κ3) is 0.934. The lowest BCUT2D eigenvalue weighted by Crippen LogP contribution is -1.88. The minimum absolute atomic E-state index is 0.962. The first-order valence-electron chi connectivity index (χ1n) is 4.63. The van der Waals surface area contributed by atoms with Gasteiger partial charge in [-0.15, -0.1) is 0 Å². The van der Waals surface area contributed by atoms with Crippen molar-refractivity contribution in [1.82, 2.24) is 5.32 Å². The van der Waals surface area contributed by atoms with Crippen LogP contribution in [-0.2, 0) is 6.42 Å². The molecule has 0 N–H and O–H groups in total. The van der Waals surface area contributed by atoms with Crippen LogP contribution in [0.25, 0.3) is 10.8 Å². The maximum atomic E-state index is 4.45. The zero-order valence-electron chi connectivity index (χ0n) is 7.33. The molecule has 0 aromatic heterocycles. The van der Waals surface area contributed by atoms with Gasteiger partial charge >= 0.3 is 0 Å². The first-order valence-corrected chi connectivity index (χ1v) is 4.63. The van der Waals surface area contributed by atoms with E-state index in [2.05, 4.69) is 41.7 Å². The van der Waals surface area contributed by atoms with Crippen molar-refractivity contribution < 1.29 is 0 Å². The SMILES string of the molecule is c1ccc2c3c(ccc2c1)[N]CC3. The van der Waals surface area contributed by atoms with Crippen LogP contribution in [0.5, 0.6) is 0 Å². The quantitative estimate of drug-likeness (QED) is 0.574. The number of rotatable bonds is 0. The van der Waals surface area contributed by atoms with E-state index in [4.69, 9.17) is 0 Å². The number of hydrogen-bond donors (Lipinski definition) is 0. The maximum Gasteiger partial charge on any atom is 0.0613 e. The molecule has 0 saturated heterocycles. The topological polar surface area (TPSA) is 14.1 Å². The Morgan fingerprint density at radius 3 is 2.92 bits per heavy atom. The summed E-state index contributed by atoms with van der Waals surface area (Å²) >= 11 is 0. The van der Waals surface area contributed by atoms with Crippen LogP contribution in [0.3, 0.4) is 0 Å². The molecule has 0 aliphatic carbocycles. The van der Waals surface area contributed by atoms with Crippen molar-refractivity contribution >= 4 is 16.5 Å². The van der Waals surface area contributed by atoms with Crippen LogP contribution in [0, 0.1) is 0 Å². The van der Waals surface area contributed by atoms with E-state index >= 15 is 0 Å². The minimum atomic E-state index is 0.962. The minimum Gasteiger partial charge on any atom is -0.285 e. The van der Waals surface area contributed by atoms with E-state index in [-0.39, 0.29) is 0 Å². The Labute approximate surface area is 77.4 Å². The lowest BCUT2D eigenvalue weighted by molar-refractivity contribution is 0.910. The van der Waals surface area contributed by atoms with Crippen LogP contribution >= 0.6 is 0 Å². The van der Waals surface area contributed by atoms with Gasteiger partial charge in [0.05, 0.1) is 5.69 Å². The second kappa shape index (κ2) is 2.49. The van der Waals surface area contributed by atoms with Gasteiger partial charge in [0.2, 0.25) is 0 Å². The van der Waals surface area contributed by atoms with Gasteiger partial charge in [-0.2, -0.15) is 0 Å². The monoisotopic (exact) mass is 168 g/mol. The maximum absolute atomic E-state index is 4.45. The second-order valence-electron chi connectivity index (χ2n) is 3.42. The van der Waals surface area contributed by atoms with Crippen LogP contribution in [0.1, 0.15) is 5.56 Å². The highest BCUT2D eigenvalue weighted by Gasteiger charge is 2.13. The first kappa shape index (κ1) is 6.96. The van der Waals surface area contributed by atoms with Crippen LogP contribution in [0.4, 0.5) is 5.69 Å². The zero-order chi connectivity index (χ0) is 8.67. The summed E-state index contributed by atoms with van der Waals surface area (Å²) in [5.41, 5.74) is 2.62. The van der Waals surface area contributed by atoms with E-state index in [0.29, 0.717) is 0 Å². The smallest absolute Gasteiger partial charge is 0.0613 e. The van der Waals surface area contributed by atoms with E-state index < -0.39 is 0 Å². The predicted molar refractivity (Wildman–Crippen MR) is 54.3 cm³/mol. The van der Waals surface area contributed by atoms with Crippen molar-refractivity contribution in [2.75, 3.05) is 6.54 Å². The molecule has 13 heavy (non-hydrogen) atoms. The Bertz CT molecular complexity index is 460. The van der Waals surface area contributed by atoms with Crippen molar-refractivity contribution in [3.63, 3.8) is 0 Å². The van der Waals surface area contributed by atoms with E-state index in [0.717, 1.165) is 13.0 Å². The van der Waals surface area contributed by atoms with Gasteiger partial charge in [0.25, 0.3) is 0 Å². The molecule has 2 aromatic rings. The predicted octanol–water partition coefficient (Wildman–Crippen LogP) is 2.63. The lowest BCUT2D eigenvalue weighted by atomic mass is 10.0. The van der Waals surface area contributed by atoms with Gasteiger partial charge in [0.1, 0.15) is 0 Å². The van der Waals surface area contributed by atoms with Crippen molar-refractivity contribution in [3.05, 3.63) is 42.0 Å². The summed E-state index contributed by atoms with van der Waals surface area (Å²) in [5.74, 6) is 0. The zero-order valence-corrected chi connectivity index (χ0v) is 7.33. The standard InChI is InChI=1S/C12H10N/c1-2-4-10-9(3-1)5-6-12-11(10)7-8-13-12/h1-6H,7-8H2. The molecule has 0 atom stereocenters. The highest BCUT2D eigenvalue weighted by Crippen LogP contribution is 2.29. The summed E-state index contributed by atoms with van der Waals surface area (Å²) in [6, 6.07) is 12.8. The highest BCUT2D eigenvalue weighted by atomic mass is 14.9. The molecule has 1 nitrogen and oxygen atoms in total. The fourth-order valence-electron chi connectivity index (χ4n) is 2.02. The fourth-order valence-corrected chi connectivity index (χ4v) is 2.02. The summed E-state index contributed by atoms with van der Waals surface area (Å²) in [6.45, 7) is 0.962. The van der Waals surface area contributed by atoms with Gasteiger partial charge < -0.3 is 0 Å². The Hall–Kier alpha value is -1.50. The Morgan fingerprint density at radius 2 is 1.92 bits per heavy atom. The molecule has 1 heteroatoms. The molecule has 1 radical (unpaired) electrons. The van der Waals surface area contributed by atoms with Crippen molar-refractivity contribution in [1.29, 1.82) is 0 Å². The molecule has 2 aromatic carbocycles. The Balaban J connectivity index is 2.43. The van der Waals surface area contributed by atoms with Crippen LogP contribution in [0.2, 0.25) is 0 Å². The number of fused-ring (bicyclic) bond motifs is 3. The van der Waals surface area contributed by atoms with Gasteiger partial charge in [-0.3, -0.25) is 5.32 Å².